The van der Waals surface area contributed by atoms with Crippen LogP contribution in [-0.4, -0.2) is 45.4 Å². The van der Waals surface area contributed by atoms with Crippen LogP contribution in [0.2, 0.25) is 0 Å². The van der Waals surface area contributed by atoms with E-state index in [9.17, 15) is 4.79 Å². The third kappa shape index (κ3) is 5.33. The van der Waals surface area contributed by atoms with Crippen LogP contribution in [0, 0.1) is 17.6 Å². The number of hydrogen-bond acceptors (Lipinski definition) is 6. The highest BCUT2D eigenvalue weighted by atomic mass is 32.1. The summed E-state index contributed by atoms with van der Waals surface area (Å²) in [7, 11) is 1.45. The van der Waals surface area contributed by atoms with Gasteiger partial charge in [-0.3, -0.25) is 14.3 Å². The van der Waals surface area contributed by atoms with Crippen LogP contribution in [0.15, 0.2) is 36.9 Å². The Balaban J connectivity index is 1.68. The Morgan fingerprint density at radius 2 is 2.14 bits per heavy atom. The van der Waals surface area contributed by atoms with Crippen LogP contribution in [0.3, 0.4) is 0 Å². The zero-order valence-electron chi connectivity index (χ0n) is 17.0. The molecule has 0 radical (unpaired) electrons. The molecule has 0 bridgehead atoms. The van der Waals surface area contributed by atoms with Crippen molar-refractivity contribution in [1.82, 2.24) is 19.2 Å². The molecule has 1 fully saturated rings. The van der Waals surface area contributed by atoms with E-state index in [1.807, 2.05) is 40.4 Å². The molecule has 1 aliphatic rings. The zero-order valence-corrected chi connectivity index (χ0v) is 17.9. The van der Waals surface area contributed by atoms with Gasteiger partial charge in [-0.2, -0.15) is 5.10 Å². The lowest BCUT2D eigenvalue weighted by molar-refractivity contribution is -0.147. The highest BCUT2D eigenvalue weighted by Crippen LogP contribution is 2.19. The SMILES string of the molecule is C=CCn1c(COc2cccc(C)c2)nn(CN2CCC(C(=O)OC)CC2)c1=S. The van der Waals surface area contributed by atoms with Crippen molar-refractivity contribution in [2.45, 2.75) is 39.6 Å². The Morgan fingerprint density at radius 3 is 2.79 bits per heavy atom. The number of aromatic nitrogens is 3. The highest BCUT2D eigenvalue weighted by molar-refractivity contribution is 7.71. The van der Waals surface area contributed by atoms with Gasteiger partial charge < -0.3 is 9.47 Å². The van der Waals surface area contributed by atoms with Crippen molar-refractivity contribution in [3.05, 3.63) is 53.1 Å². The normalized spacial score (nSPS) is 15.2. The van der Waals surface area contributed by atoms with E-state index in [-0.39, 0.29) is 11.9 Å². The number of nitrogens with zero attached hydrogens (tertiary/aromatic N) is 4. The number of carbonyl (C=O) groups excluding carboxylic acids is 1. The molecule has 8 heteroatoms. The predicted molar refractivity (Wildman–Crippen MR) is 113 cm³/mol. The number of hydrogen-bond donors (Lipinski definition) is 0. The van der Waals surface area contributed by atoms with Gasteiger partial charge in [-0.05, 0) is 49.7 Å². The first-order valence-corrected chi connectivity index (χ1v) is 10.2. The number of rotatable bonds is 8. The summed E-state index contributed by atoms with van der Waals surface area (Å²) >= 11 is 5.64. The van der Waals surface area contributed by atoms with Gasteiger partial charge >= 0.3 is 5.97 Å². The second-order valence-corrected chi connectivity index (χ2v) is 7.62. The van der Waals surface area contributed by atoms with Crippen LogP contribution >= 0.6 is 12.2 Å². The summed E-state index contributed by atoms with van der Waals surface area (Å²) < 4.78 is 15.2. The Bertz CT molecular complexity index is 913. The standard InChI is InChI=1S/C21H28N4O3S/c1-4-10-24-19(14-28-18-7-5-6-16(2)13-18)22-25(21(24)29)15-23-11-8-17(9-12-23)20(26)27-3/h4-7,13,17H,1,8-12,14-15H2,2-3H3. The Labute approximate surface area is 176 Å². The molecule has 1 aromatic carbocycles. The van der Waals surface area contributed by atoms with Gasteiger partial charge in [-0.25, -0.2) is 4.68 Å². The third-order valence-corrected chi connectivity index (χ3v) is 5.56. The van der Waals surface area contributed by atoms with Gasteiger partial charge in [-0.1, -0.05) is 18.2 Å². The Kier molecular flexibility index (Phi) is 7.22. The van der Waals surface area contributed by atoms with E-state index in [1.165, 1.54) is 7.11 Å². The van der Waals surface area contributed by atoms with Gasteiger partial charge in [0.25, 0.3) is 0 Å². The molecule has 2 heterocycles. The molecule has 0 aliphatic carbocycles. The number of aryl methyl sites for hydroxylation is 1. The fourth-order valence-electron chi connectivity index (χ4n) is 3.52. The zero-order chi connectivity index (χ0) is 20.8. The van der Waals surface area contributed by atoms with Gasteiger partial charge in [-0.15, -0.1) is 6.58 Å². The number of methoxy groups -OCH3 is 1. The van der Waals surface area contributed by atoms with E-state index >= 15 is 0 Å². The van der Waals surface area contributed by atoms with E-state index in [2.05, 4.69) is 11.5 Å². The summed E-state index contributed by atoms with van der Waals surface area (Å²) in [5.41, 5.74) is 1.14. The molecule has 3 rings (SSSR count). The molecule has 156 valence electrons. The number of likely N-dealkylation sites (tertiary alicyclic amines) is 1. The van der Waals surface area contributed by atoms with Gasteiger partial charge in [0.1, 0.15) is 12.4 Å². The van der Waals surface area contributed by atoms with Gasteiger partial charge in [0.05, 0.1) is 19.7 Å². The maximum Gasteiger partial charge on any atom is 0.308 e. The number of piperidine rings is 1. The molecule has 1 aliphatic heterocycles. The maximum atomic E-state index is 11.7. The van der Waals surface area contributed by atoms with Crippen LogP contribution < -0.4 is 4.74 Å². The lowest BCUT2D eigenvalue weighted by Crippen LogP contribution is -2.38. The van der Waals surface area contributed by atoms with Crippen LogP contribution in [0.4, 0.5) is 0 Å². The first kappa shape index (κ1) is 21.3. The molecule has 2 aromatic rings. The summed E-state index contributed by atoms with van der Waals surface area (Å²) in [4.78, 5) is 14.0. The van der Waals surface area contributed by atoms with Crippen molar-refractivity contribution in [2.75, 3.05) is 20.2 Å². The third-order valence-electron chi connectivity index (χ3n) is 5.12. The van der Waals surface area contributed by atoms with E-state index in [1.54, 1.807) is 6.08 Å². The molecule has 0 N–H and O–H groups in total. The molecule has 0 spiro atoms. The fourth-order valence-corrected chi connectivity index (χ4v) is 3.79. The molecular weight excluding hydrogens is 388 g/mol. The summed E-state index contributed by atoms with van der Waals surface area (Å²) in [6.45, 7) is 8.98. The number of carbonyl (C=O) groups is 1. The minimum Gasteiger partial charge on any atom is -0.486 e. The number of esters is 1. The monoisotopic (exact) mass is 416 g/mol. The second kappa shape index (κ2) is 9.84. The first-order chi connectivity index (χ1) is 14.0. The molecule has 29 heavy (non-hydrogen) atoms. The van der Waals surface area contributed by atoms with Crippen molar-refractivity contribution < 1.29 is 14.3 Å². The summed E-state index contributed by atoms with van der Waals surface area (Å²) in [6.07, 6.45) is 3.38. The number of benzene rings is 1. The smallest absolute Gasteiger partial charge is 0.308 e. The summed E-state index contributed by atoms with van der Waals surface area (Å²) in [6, 6.07) is 7.93. The second-order valence-electron chi connectivity index (χ2n) is 7.26. The maximum absolute atomic E-state index is 11.7. The predicted octanol–water partition coefficient (Wildman–Crippen LogP) is 3.33. The van der Waals surface area contributed by atoms with Gasteiger partial charge in [0.2, 0.25) is 0 Å². The average molecular weight is 417 g/mol. The van der Waals surface area contributed by atoms with E-state index in [0.717, 1.165) is 43.1 Å². The fraction of sp³-hybridized carbons (Fsp3) is 0.476. The van der Waals surface area contributed by atoms with Crippen LogP contribution in [-0.2, 0) is 29.4 Å². The molecule has 0 atom stereocenters. The highest BCUT2D eigenvalue weighted by Gasteiger charge is 2.26. The first-order valence-electron chi connectivity index (χ1n) is 9.79. The largest absolute Gasteiger partial charge is 0.486 e. The molecule has 0 saturated carbocycles. The van der Waals surface area contributed by atoms with Crippen LogP contribution in [0.1, 0.15) is 24.2 Å². The lowest BCUT2D eigenvalue weighted by Gasteiger charge is -2.30. The Morgan fingerprint density at radius 1 is 1.38 bits per heavy atom. The quantitative estimate of drug-likeness (QED) is 0.374. The van der Waals surface area contributed by atoms with E-state index < -0.39 is 0 Å². The van der Waals surface area contributed by atoms with Crippen molar-refractivity contribution >= 4 is 18.2 Å². The summed E-state index contributed by atoms with van der Waals surface area (Å²) in [5.74, 6) is 1.44. The van der Waals surface area contributed by atoms with Gasteiger partial charge in [0, 0.05) is 19.6 Å². The van der Waals surface area contributed by atoms with Crippen LogP contribution in [0.25, 0.3) is 0 Å². The van der Waals surface area contributed by atoms with Crippen molar-refractivity contribution in [2.24, 2.45) is 5.92 Å². The number of ether oxygens (including phenoxy) is 2. The molecular formula is C21H28N4O3S. The molecule has 0 unspecified atom stereocenters. The number of allylic oxidation sites excluding steroid dienone is 1. The molecule has 1 aromatic heterocycles. The average Bonchev–Trinajstić information content (AvgIpc) is 3.02. The van der Waals surface area contributed by atoms with Crippen molar-refractivity contribution in [3.8, 4) is 5.75 Å². The van der Waals surface area contributed by atoms with Crippen molar-refractivity contribution in [1.29, 1.82) is 0 Å². The van der Waals surface area contributed by atoms with E-state index in [0.29, 0.717) is 24.6 Å². The molecule has 1 saturated heterocycles. The minimum atomic E-state index is -0.118. The van der Waals surface area contributed by atoms with Crippen molar-refractivity contribution in [3.63, 3.8) is 0 Å². The van der Waals surface area contributed by atoms with Gasteiger partial charge in [0.15, 0.2) is 10.6 Å². The minimum absolute atomic E-state index is 0.0131. The van der Waals surface area contributed by atoms with Crippen LogP contribution in [0.5, 0.6) is 5.75 Å². The Hall–Kier alpha value is -2.45. The lowest BCUT2D eigenvalue weighted by atomic mass is 9.97. The molecule has 0 amide bonds. The molecule has 7 nitrogen and oxygen atoms in total. The topological polar surface area (TPSA) is 61.5 Å². The van der Waals surface area contributed by atoms with E-state index in [4.69, 9.17) is 26.8 Å². The summed E-state index contributed by atoms with van der Waals surface area (Å²) in [5, 5.41) is 4.70.